The highest BCUT2D eigenvalue weighted by atomic mass is 35.5. The van der Waals surface area contributed by atoms with Crippen LogP contribution in [0.15, 0.2) is 24.3 Å². The van der Waals surface area contributed by atoms with Crippen molar-refractivity contribution in [3.63, 3.8) is 0 Å². The van der Waals surface area contributed by atoms with Crippen LogP contribution in [-0.4, -0.2) is 13.2 Å². The molecule has 1 aromatic carbocycles. The Labute approximate surface area is 101 Å². The Kier molecular flexibility index (Phi) is 5.19. The van der Waals surface area contributed by atoms with Gasteiger partial charge in [0.1, 0.15) is 5.82 Å². The highest BCUT2D eigenvalue weighted by Gasteiger charge is 2.22. The van der Waals surface area contributed by atoms with Crippen molar-refractivity contribution in [2.75, 3.05) is 13.2 Å². The lowest BCUT2D eigenvalue weighted by molar-refractivity contribution is 0.0583. The molecule has 0 unspecified atom stereocenters. The molecule has 1 fully saturated rings. The Morgan fingerprint density at radius 3 is 2.62 bits per heavy atom. The Hall–Kier alpha value is -0.640. The number of ether oxygens (including phenoxy) is 1. The highest BCUT2D eigenvalue weighted by Crippen LogP contribution is 2.28. The maximum atomic E-state index is 13.0. The summed E-state index contributed by atoms with van der Waals surface area (Å²) in [4.78, 5) is 0. The van der Waals surface area contributed by atoms with Gasteiger partial charge < -0.3 is 10.5 Å². The topological polar surface area (TPSA) is 35.2 Å². The van der Waals surface area contributed by atoms with E-state index in [0.29, 0.717) is 5.92 Å². The lowest BCUT2D eigenvalue weighted by Crippen LogP contribution is -2.27. The summed E-state index contributed by atoms with van der Waals surface area (Å²) >= 11 is 0. The molecule has 0 aromatic heterocycles. The normalized spacial score (nSPS) is 18.9. The molecule has 16 heavy (non-hydrogen) atoms. The van der Waals surface area contributed by atoms with Gasteiger partial charge in [-0.25, -0.2) is 4.39 Å². The SMILES string of the molecule is Cl.N[C@@H](c1cccc(F)c1)C1CCOCC1. The van der Waals surface area contributed by atoms with E-state index in [1.54, 1.807) is 6.07 Å². The van der Waals surface area contributed by atoms with Gasteiger partial charge in [-0.3, -0.25) is 0 Å². The van der Waals surface area contributed by atoms with E-state index in [0.717, 1.165) is 31.6 Å². The molecule has 0 amide bonds. The minimum absolute atomic E-state index is 0. The number of halogens is 2. The van der Waals surface area contributed by atoms with Gasteiger partial charge in [-0.05, 0) is 36.5 Å². The van der Waals surface area contributed by atoms with Crippen LogP contribution in [0.5, 0.6) is 0 Å². The number of nitrogens with two attached hydrogens (primary N) is 1. The zero-order valence-electron chi connectivity index (χ0n) is 9.06. The number of rotatable bonds is 2. The van der Waals surface area contributed by atoms with Gasteiger partial charge in [0.15, 0.2) is 0 Å². The third kappa shape index (κ3) is 3.17. The molecule has 0 aliphatic carbocycles. The Morgan fingerprint density at radius 2 is 2.00 bits per heavy atom. The second-order valence-corrected chi connectivity index (χ2v) is 4.03. The van der Waals surface area contributed by atoms with E-state index >= 15 is 0 Å². The Bertz CT molecular complexity index is 329. The fourth-order valence-electron chi connectivity index (χ4n) is 2.06. The van der Waals surface area contributed by atoms with Gasteiger partial charge in [0, 0.05) is 19.3 Å². The third-order valence-electron chi connectivity index (χ3n) is 3.01. The van der Waals surface area contributed by atoms with Crippen molar-refractivity contribution in [1.29, 1.82) is 0 Å². The van der Waals surface area contributed by atoms with Crippen LogP contribution in [0, 0.1) is 11.7 Å². The molecule has 1 aliphatic rings. The van der Waals surface area contributed by atoms with Crippen LogP contribution in [0.25, 0.3) is 0 Å². The summed E-state index contributed by atoms with van der Waals surface area (Å²) < 4.78 is 18.3. The standard InChI is InChI=1S/C12H16FNO.ClH/c13-11-3-1-2-10(8-11)12(14)9-4-6-15-7-5-9;/h1-3,8-9,12H,4-7,14H2;1H/t12-;/m1./s1. The van der Waals surface area contributed by atoms with Gasteiger partial charge in [0.25, 0.3) is 0 Å². The van der Waals surface area contributed by atoms with E-state index in [1.807, 2.05) is 6.07 Å². The molecule has 1 saturated heterocycles. The highest BCUT2D eigenvalue weighted by molar-refractivity contribution is 5.85. The molecule has 2 nitrogen and oxygen atoms in total. The first-order valence-corrected chi connectivity index (χ1v) is 5.36. The van der Waals surface area contributed by atoms with Gasteiger partial charge in [0.2, 0.25) is 0 Å². The maximum absolute atomic E-state index is 13.0. The van der Waals surface area contributed by atoms with E-state index in [2.05, 4.69) is 0 Å². The van der Waals surface area contributed by atoms with Crippen molar-refractivity contribution in [1.82, 2.24) is 0 Å². The summed E-state index contributed by atoms with van der Waals surface area (Å²) in [7, 11) is 0. The molecule has 0 radical (unpaired) electrons. The van der Waals surface area contributed by atoms with Crippen molar-refractivity contribution in [3.05, 3.63) is 35.6 Å². The first kappa shape index (κ1) is 13.4. The zero-order valence-corrected chi connectivity index (χ0v) is 9.88. The molecule has 1 aromatic rings. The van der Waals surface area contributed by atoms with Crippen LogP contribution < -0.4 is 5.73 Å². The van der Waals surface area contributed by atoms with Crippen LogP contribution in [0.4, 0.5) is 4.39 Å². The molecule has 1 aliphatic heterocycles. The van der Waals surface area contributed by atoms with Crippen LogP contribution in [0.2, 0.25) is 0 Å². The van der Waals surface area contributed by atoms with E-state index in [9.17, 15) is 4.39 Å². The average Bonchev–Trinajstić information content (AvgIpc) is 2.29. The van der Waals surface area contributed by atoms with Gasteiger partial charge in [-0.15, -0.1) is 12.4 Å². The second-order valence-electron chi connectivity index (χ2n) is 4.03. The molecule has 1 atom stereocenters. The largest absolute Gasteiger partial charge is 0.381 e. The van der Waals surface area contributed by atoms with Gasteiger partial charge >= 0.3 is 0 Å². The molecule has 2 N–H and O–H groups in total. The summed E-state index contributed by atoms with van der Waals surface area (Å²) in [5.41, 5.74) is 7.01. The lowest BCUT2D eigenvalue weighted by atomic mass is 9.88. The van der Waals surface area contributed by atoms with Gasteiger partial charge in [-0.2, -0.15) is 0 Å². The zero-order chi connectivity index (χ0) is 10.7. The van der Waals surface area contributed by atoms with Crippen molar-refractivity contribution >= 4 is 12.4 Å². The monoisotopic (exact) mass is 245 g/mol. The molecule has 0 spiro atoms. The van der Waals surface area contributed by atoms with E-state index in [1.165, 1.54) is 12.1 Å². The Balaban J connectivity index is 0.00000128. The lowest BCUT2D eigenvalue weighted by Gasteiger charge is -2.27. The Morgan fingerprint density at radius 1 is 1.31 bits per heavy atom. The van der Waals surface area contributed by atoms with Crippen molar-refractivity contribution in [2.45, 2.75) is 18.9 Å². The predicted molar refractivity (Wildman–Crippen MR) is 64.1 cm³/mol. The molecule has 0 bridgehead atoms. The van der Waals surface area contributed by atoms with Gasteiger partial charge in [-0.1, -0.05) is 12.1 Å². The summed E-state index contributed by atoms with van der Waals surface area (Å²) in [6.45, 7) is 1.54. The molecule has 4 heteroatoms. The van der Waals surface area contributed by atoms with Crippen LogP contribution in [-0.2, 0) is 4.74 Å². The van der Waals surface area contributed by atoms with Crippen LogP contribution >= 0.6 is 12.4 Å². The van der Waals surface area contributed by atoms with E-state index < -0.39 is 0 Å². The van der Waals surface area contributed by atoms with Gasteiger partial charge in [0.05, 0.1) is 0 Å². The van der Waals surface area contributed by atoms with E-state index in [4.69, 9.17) is 10.5 Å². The van der Waals surface area contributed by atoms with Crippen LogP contribution in [0.1, 0.15) is 24.4 Å². The predicted octanol–water partition coefficient (Wildman–Crippen LogP) is 2.67. The quantitative estimate of drug-likeness (QED) is 0.870. The molecule has 0 saturated carbocycles. The molecule has 2 rings (SSSR count). The summed E-state index contributed by atoms with van der Waals surface area (Å²) in [6.07, 6.45) is 1.94. The first-order valence-electron chi connectivity index (χ1n) is 5.36. The smallest absolute Gasteiger partial charge is 0.123 e. The summed E-state index contributed by atoms with van der Waals surface area (Å²) in [6, 6.07) is 6.51. The third-order valence-corrected chi connectivity index (χ3v) is 3.01. The van der Waals surface area contributed by atoms with Crippen molar-refractivity contribution in [2.24, 2.45) is 11.7 Å². The first-order chi connectivity index (χ1) is 7.27. The van der Waals surface area contributed by atoms with E-state index in [-0.39, 0.29) is 24.3 Å². The minimum Gasteiger partial charge on any atom is -0.381 e. The fourth-order valence-corrected chi connectivity index (χ4v) is 2.06. The van der Waals surface area contributed by atoms with Crippen molar-refractivity contribution < 1.29 is 9.13 Å². The molecular weight excluding hydrogens is 229 g/mol. The summed E-state index contributed by atoms with van der Waals surface area (Å²) in [5.74, 6) is 0.204. The molecule has 90 valence electrons. The fraction of sp³-hybridized carbons (Fsp3) is 0.500. The van der Waals surface area contributed by atoms with Crippen molar-refractivity contribution in [3.8, 4) is 0 Å². The second kappa shape index (κ2) is 6.18. The molecular formula is C12H17ClFNO. The minimum atomic E-state index is -0.213. The number of benzene rings is 1. The number of hydrogen-bond acceptors (Lipinski definition) is 2. The maximum Gasteiger partial charge on any atom is 0.123 e. The number of hydrogen-bond donors (Lipinski definition) is 1. The summed E-state index contributed by atoms with van der Waals surface area (Å²) in [5, 5.41) is 0. The molecule has 1 heterocycles. The average molecular weight is 246 g/mol. The van der Waals surface area contributed by atoms with Crippen LogP contribution in [0.3, 0.4) is 0 Å².